The summed E-state index contributed by atoms with van der Waals surface area (Å²) >= 11 is 11.9. The van der Waals surface area contributed by atoms with Gasteiger partial charge in [0.15, 0.2) is 0 Å². The predicted octanol–water partition coefficient (Wildman–Crippen LogP) is 3.29. The van der Waals surface area contributed by atoms with Gasteiger partial charge in [-0.2, -0.15) is 4.80 Å². The fraction of sp³-hybridized carbons (Fsp3) is 0.0667. The summed E-state index contributed by atoms with van der Waals surface area (Å²) in [6, 6.07) is 14.4. The highest BCUT2D eigenvalue weighted by Crippen LogP contribution is 2.29. The summed E-state index contributed by atoms with van der Waals surface area (Å²) in [7, 11) is 0. The molecule has 0 spiro atoms. The van der Waals surface area contributed by atoms with Crippen molar-refractivity contribution in [3.05, 3.63) is 58.6 Å². The molecule has 0 aliphatic heterocycles. The molecular weight excluding hydrogens is 337 g/mol. The van der Waals surface area contributed by atoms with Gasteiger partial charge in [0, 0.05) is 5.56 Å². The van der Waals surface area contributed by atoms with Gasteiger partial charge < -0.3 is 5.32 Å². The Kier molecular flexibility index (Phi) is 4.55. The molecule has 0 fully saturated rings. The molecule has 1 amide bonds. The van der Waals surface area contributed by atoms with Crippen LogP contribution >= 0.6 is 23.2 Å². The molecule has 0 unspecified atom stereocenters. The first-order valence-corrected chi connectivity index (χ1v) is 7.46. The topological polar surface area (TPSA) is 72.7 Å². The highest BCUT2D eigenvalue weighted by atomic mass is 35.5. The number of carbonyl (C=O) groups excluding carboxylic acids is 1. The minimum absolute atomic E-state index is 0.0807. The molecule has 0 saturated heterocycles. The zero-order chi connectivity index (χ0) is 16.2. The lowest BCUT2D eigenvalue weighted by molar-refractivity contribution is -0.117. The van der Waals surface area contributed by atoms with Crippen molar-refractivity contribution in [1.82, 2.24) is 20.2 Å². The number of carbonyl (C=O) groups is 1. The van der Waals surface area contributed by atoms with Crippen LogP contribution in [0, 0.1) is 0 Å². The number of nitrogens with zero attached hydrogens (tertiary/aromatic N) is 4. The molecule has 1 aromatic heterocycles. The number of halogens is 2. The monoisotopic (exact) mass is 347 g/mol. The fourth-order valence-electron chi connectivity index (χ4n) is 1.93. The lowest BCUT2D eigenvalue weighted by atomic mass is 10.2. The van der Waals surface area contributed by atoms with Crippen molar-refractivity contribution in [2.24, 2.45) is 0 Å². The first kappa shape index (κ1) is 15.5. The van der Waals surface area contributed by atoms with E-state index in [1.807, 2.05) is 30.3 Å². The molecule has 0 bridgehead atoms. The maximum Gasteiger partial charge on any atom is 0.248 e. The Morgan fingerprint density at radius 1 is 1.09 bits per heavy atom. The molecule has 1 heterocycles. The average Bonchev–Trinajstić information content (AvgIpc) is 3.01. The van der Waals surface area contributed by atoms with E-state index >= 15 is 0 Å². The molecule has 3 rings (SSSR count). The number of hydrogen-bond donors (Lipinski definition) is 1. The number of hydrogen-bond acceptors (Lipinski definition) is 4. The number of nitrogens with one attached hydrogen (secondary N) is 1. The largest absolute Gasteiger partial charge is 0.323 e. The van der Waals surface area contributed by atoms with E-state index in [9.17, 15) is 4.79 Å². The van der Waals surface area contributed by atoms with Crippen molar-refractivity contribution in [2.45, 2.75) is 6.54 Å². The lowest BCUT2D eigenvalue weighted by Crippen LogP contribution is -2.20. The van der Waals surface area contributed by atoms with E-state index in [0.717, 1.165) is 5.56 Å². The van der Waals surface area contributed by atoms with Crippen molar-refractivity contribution in [3.8, 4) is 11.4 Å². The van der Waals surface area contributed by atoms with Crippen LogP contribution in [-0.4, -0.2) is 26.1 Å². The number of benzene rings is 2. The highest BCUT2D eigenvalue weighted by Gasteiger charge is 2.11. The van der Waals surface area contributed by atoms with E-state index in [1.165, 1.54) is 4.80 Å². The number of amides is 1. The summed E-state index contributed by atoms with van der Waals surface area (Å²) < 4.78 is 0. The van der Waals surface area contributed by atoms with Gasteiger partial charge in [-0.1, -0.05) is 59.6 Å². The number of rotatable bonds is 4. The van der Waals surface area contributed by atoms with E-state index in [4.69, 9.17) is 23.2 Å². The highest BCUT2D eigenvalue weighted by molar-refractivity contribution is 6.43. The standard InChI is InChI=1S/C15H11Cl2N5O/c16-11-7-4-8-12(14(11)17)18-13(23)9-22-20-15(19-21-22)10-5-2-1-3-6-10/h1-8H,9H2,(H,18,23). The van der Waals surface area contributed by atoms with Gasteiger partial charge in [0.2, 0.25) is 11.7 Å². The molecule has 0 saturated carbocycles. The minimum Gasteiger partial charge on any atom is -0.323 e. The predicted molar refractivity (Wildman–Crippen MR) is 88.3 cm³/mol. The molecule has 6 nitrogen and oxygen atoms in total. The lowest BCUT2D eigenvalue weighted by Gasteiger charge is -2.07. The molecule has 2 aromatic carbocycles. The molecule has 0 atom stereocenters. The van der Waals surface area contributed by atoms with E-state index in [-0.39, 0.29) is 12.5 Å². The molecule has 0 aliphatic carbocycles. The smallest absolute Gasteiger partial charge is 0.248 e. The van der Waals surface area contributed by atoms with Crippen LogP contribution in [0.5, 0.6) is 0 Å². The molecule has 116 valence electrons. The van der Waals surface area contributed by atoms with Crippen LogP contribution in [0.2, 0.25) is 10.0 Å². The Hall–Kier alpha value is -2.44. The average molecular weight is 348 g/mol. The third-order valence-electron chi connectivity index (χ3n) is 3.00. The van der Waals surface area contributed by atoms with Gasteiger partial charge in [-0.3, -0.25) is 4.79 Å². The number of tetrazole rings is 1. The summed E-state index contributed by atoms with van der Waals surface area (Å²) in [6.07, 6.45) is 0. The van der Waals surface area contributed by atoms with Crippen LogP contribution in [-0.2, 0) is 11.3 Å². The zero-order valence-electron chi connectivity index (χ0n) is 11.8. The van der Waals surface area contributed by atoms with Gasteiger partial charge in [0.1, 0.15) is 6.54 Å². The summed E-state index contributed by atoms with van der Waals surface area (Å²) in [6.45, 7) is -0.0807. The van der Waals surface area contributed by atoms with Gasteiger partial charge in [-0.15, -0.1) is 10.2 Å². The van der Waals surface area contributed by atoms with E-state index < -0.39 is 0 Å². The SMILES string of the molecule is O=C(Cn1nnc(-c2ccccc2)n1)Nc1cccc(Cl)c1Cl. The van der Waals surface area contributed by atoms with Crippen molar-refractivity contribution in [2.75, 3.05) is 5.32 Å². The summed E-state index contributed by atoms with van der Waals surface area (Å²) in [4.78, 5) is 13.3. The van der Waals surface area contributed by atoms with Crippen LogP contribution in [0.25, 0.3) is 11.4 Å². The summed E-state index contributed by atoms with van der Waals surface area (Å²) in [5.41, 5.74) is 1.27. The molecule has 8 heteroatoms. The maximum atomic E-state index is 12.0. The Morgan fingerprint density at radius 2 is 1.87 bits per heavy atom. The Bertz CT molecular complexity index is 835. The van der Waals surface area contributed by atoms with Crippen LogP contribution in [0.3, 0.4) is 0 Å². The normalized spacial score (nSPS) is 10.5. The van der Waals surface area contributed by atoms with E-state index in [1.54, 1.807) is 18.2 Å². The molecule has 0 aliphatic rings. The Morgan fingerprint density at radius 3 is 2.65 bits per heavy atom. The summed E-state index contributed by atoms with van der Waals surface area (Å²) in [5.74, 6) is 0.130. The van der Waals surface area contributed by atoms with Crippen molar-refractivity contribution in [3.63, 3.8) is 0 Å². The zero-order valence-corrected chi connectivity index (χ0v) is 13.3. The van der Waals surface area contributed by atoms with Crippen LogP contribution in [0.4, 0.5) is 5.69 Å². The van der Waals surface area contributed by atoms with E-state index in [0.29, 0.717) is 21.6 Å². The molecule has 3 aromatic rings. The minimum atomic E-state index is -0.328. The van der Waals surface area contributed by atoms with Gasteiger partial charge in [-0.05, 0) is 17.3 Å². The third kappa shape index (κ3) is 3.67. The maximum absolute atomic E-state index is 12.0. The Labute approximate surface area is 142 Å². The molecular formula is C15H11Cl2N5O. The summed E-state index contributed by atoms with van der Waals surface area (Å²) in [5, 5.41) is 15.3. The second kappa shape index (κ2) is 6.76. The third-order valence-corrected chi connectivity index (χ3v) is 3.81. The molecule has 23 heavy (non-hydrogen) atoms. The first-order chi connectivity index (χ1) is 11.1. The van der Waals surface area contributed by atoms with Gasteiger partial charge in [0.25, 0.3) is 0 Å². The molecule has 0 radical (unpaired) electrons. The first-order valence-electron chi connectivity index (χ1n) is 6.70. The van der Waals surface area contributed by atoms with Gasteiger partial charge >= 0.3 is 0 Å². The van der Waals surface area contributed by atoms with E-state index in [2.05, 4.69) is 20.7 Å². The second-order valence-corrected chi connectivity index (χ2v) is 5.44. The number of anilines is 1. The quantitative estimate of drug-likeness (QED) is 0.785. The van der Waals surface area contributed by atoms with Gasteiger partial charge in [-0.25, -0.2) is 0 Å². The van der Waals surface area contributed by atoms with Crippen molar-refractivity contribution in [1.29, 1.82) is 0 Å². The second-order valence-electron chi connectivity index (χ2n) is 4.66. The fourth-order valence-corrected chi connectivity index (χ4v) is 2.28. The van der Waals surface area contributed by atoms with Crippen LogP contribution in [0.1, 0.15) is 0 Å². The van der Waals surface area contributed by atoms with Gasteiger partial charge in [0.05, 0.1) is 15.7 Å². The Balaban J connectivity index is 1.69. The van der Waals surface area contributed by atoms with Crippen molar-refractivity contribution < 1.29 is 4.79 Å². The number of aromatic nitrogens is 4. The van der Waals surface area contributed by atoms with Crippen molar-refractivity contribution >= 4 is 34.8 Å². The van der Waals surface area contributed by atoms with Crippen LogP contribution in [0.15, 0.2) is 48.5 Å². The molecule has 1 N–H and O–H groups in total. The van der Waals surface area contributed by atoms with Crippen LogP contribution < -0.4 is 5.32 Å².